The van der Waals surface area contributed by atoms with E-state index in [0.29, 0.717) is 0 Å². The lowest BCUT2D eigenvalue weighted by Gasteiger charge is -2.52. The summed E-state index contributed by atoms with van der Waals surface area (Å²) in [5.41, 5.74) is -0.465. The van der Waals surface area contributed by atoms with Gasteiger partial charge in [0, 0.05) is 12.1 Å². The number of hydroxylamine groups is 2. The van der Waals surface area contributed by atoms with Crippen molar-refractivity contribution in [2.24, 2.45) is 0 Å². The Hall–Kier alpha value is -0.120. The van der Waals surface area contributed by atoms with Gasteiger partial charge in [0.05, 0.1) is 11.6 Å². The third-order valence-electron chi connectivity index (χ3n) is 7.74. The van der Waals surface area contributed by atoms with Gasteiger partial charge < -0.3 is 9.94 Å². The van der Waals surface area contributed by atoms with Crippen molar-refractivity contribution >= 4 is 0 Å². The number of unbranched alkanes of at least 4 members (excludes halogenated alkanes) is 17. The Balaban J connectivity index is 1.83. The lowest BCUT2D eigenvalue weighted by Crippen LogP contribution is -2.63. The monoisotopic (exact) mass is 453 g/mol. The van der Waals surface area contributed by atoms with Crippen LogP contribution in [-0.4, -0.2) is 34.1 Å². The maximum Gasteiger partial charge on any atom is 0.0777 e. The highest BCUT2D eigenvalue weighted by molar-refractivity contribution is 4.98. The van der Waals surface area contributed by atoms with Crippen LogP contribution >= 0.6 is 0 Å². The van der Waals surface area contributed by atoms with E-state index in [1.165, 1.54) is 114 Å². The largest absolute Gasteiger partial charge is 0.376 e. The molecule has 0 radical (unpaired) electrons. The van der Waals surface area contributed by atoms with Gasteiger partial charge >= 0.3 is 0 Å². The maximum atomic E-state index is 10.5. The first kappa shape index (κ1) is 29.9. The molecule has 3 heteroatoms. The van der Waals surface area contributed by atoms with Gasteiger partial charge in [-0.1, -0.05) is 116 Å². The van der Waals surface area contributed by atoms with E-state index in [0.717, 1.165) is 25.9 Å². The van der Waals surface area contributed by atoms with Crippen molar-refractivity contribution in [1.29, 1.82) is 0 Å². The van der Waals surface area contributed by atoms with Gasteiger partial charge in [-0.3, -0.25) is 0 Å². The van der Waals surface area contributed by atoms with E-state index in [2.05, 4.69) is 34.6 Å². The van der Waals surface area contributed by atoms with Crippen LogP contribution in [0.3, 0.4) is 0 Å². The fraction of sp³-hybridized carbons (Fsp3) is 1.00. The Morgan fingerprint density at radius 1 is 0.656 bits per heavy atom. The molecule has 0 bridgehead atoms. The van der Waals surface area contributed by atoms with Gasteiger partial charge in [0.2, 0.25) is 0 Å². The molecule has 1 rings (SSSR count). The fourth-order valence-corrected chi connectivity index (χ4v) is 5.38. The van der Waals surface area contributed by atoms with E-state index < -0.39 is 0 Å². The third kappa shape index (κ3) is 12.4. The predicted molar refractivity (Wildman–Crippen MR) is 140 cm³/mol. The van der Waals surface area contributed by atoms with Gasteiger partial charge in [0.1, 0.15) is 0 Å². The SMILES string of the molecule is CCCCCCCCCCCCCCCCCCCCOC1CCC(C)(C)N(O)C1(C)C. The summed E-state index contributed by atoms with van der Waals surface area (Å²) in [4.78, 5) is 0. The van der Waals surface area contributed by atoms with Crippen molar-refractivity contribution in [3.63, 3.8) is 0 Å². The first-order chi connectivity index (χ1) is 15.3. The molecule has 0 aromatic carbocycles. The molecule has 0 amide bonds. The lowest BCUT2D eigenvalue weighted by molar-refractivity contribution is -0.276. The first-order valence-corrected chi connectivity index (χ1v) is 14.4. The van der Waals surface area contributed by atoms with E-state index in [-0.39, 0.29) is 17.2 Å². The summed E-state index contributed by atoms with van der Waals surface area (Å²) in [5.74, 6) is 0. The summed E-state index contributed by atoms with van der Waals surface area (Å²) in [6.45, 7) is 11.6. The van der Waals surface area contributed by atoms with Crippen LogP contribution in [0.2, 0.25) is 0 Å². The quantitative estimate of drug-likeness (QED) is 0.186. The highest BCUT2D eigenvalue weighted by Gasteiger charge is 2.47. The molecule has 0 aromatic rings. The minimum Gasteiger partial charge on any atom is -0.376 e. The van der Waals surface area contributed by atoms with Crippen LogP contribution in [0.5, 0.6) is 0 Å². The molecular formula is C29H59NO2. The molecule has 0 spiro atoms. The summed E-state index contributed by atoms with van der Waals surface area (Å²) in [5, 5.41) is 12.1. The zero-order valence-electron chi connectivity index (χ0n) is 22.7. The molecule has 1 unspecified atom stereocenters. The molecule has 0 aromatic heterocycles. The Morgan fingerprint density at radius 3 is 1.44 bits per heavy atom. The number of nitrogens with zero attached hydrogens (tertiary/aromatic N) is 1. The lowest BCUT2D eigenvalue weighted by atomic mass is 9.80. The molecule has 1 N–H and O–H groups in total. The molecular weight excluding hydrogens is 394 g/mol. The zero-order valence-corrected chi connectivity index (χ0v) is 22.7. The van der Waals surface area contributed by atoms with Crippen LogP contribution in [0.1, 0.15) is 163 Å². The average Bonchev–Trinajstić information content (AvgIpc) is 2.75. The summed E-state index contributed by atoms with van der Waals surface area (Å²) in [6.07, 6.45) is 27.5. The van der Waals surface area contributed by atoms with Crippen LogP contribution in [0, 0.1) is 0 Å². The van der Waals surface area contributed by atoms with Gasteiger partial charge in [-0.25, -0.2) is 0 Å². The van der Waals surface area contributed by atoms with Crippen LogP contribution in [-0.2, 0) is 4.74 Å². The Morgan fingerprint density at radius 2 is 1.03 bits per heavy atom. The summed E-state index contributed by atoms with van der Waals surface area (Å²) in [7, 11) is 0. The van der Waals surface area contributed by atoms with Crippen LogP contribution in [0.4, 0.5) is 0 Å². The van der Waals surface area contributed by atoms with Gasteiger partial charge in [-0.15, -0.1) is 0 Å². The second kappa shape index (κ2) is 17.3. The van der Waals surface area contributed by atoms with Gasteiger partial charge in [-0.2, -0.15) is 5.06 Å². The zero-order chi connectivity index (χ0) is 23.7. The molecule has 0 aliphatic carbocycles. The van der Waals surface area contributed by atoms with E-state index >= 15 is 0 Å². The summed E-state index contributed by atoms with van der Waals surface area (Å²) in [6, 6.07) is 0. The molecule has 1 aliphatic heterocycles. The first-order valence-electron chi connectivity index (χ1n) is 14.4. The van der Waals surface area contributed by atoms with Gasteiger partial charge in [0.15, 0.2) is 0 Å². The summed E-state index contributed by atoms with van der Waals surface area (Å²) < 4.78 is 6.19. The fourth-order valence-electron chi connectivity index (χ4n) is 5.38. The molecule has 1 aliphatic rings. The average molecular weight is 454 g/mol. The van der Waals surface area contributed by atoms with Crippen molar-refractivity contribution in [3.05, 3.63) is 0 Å². The standard InChI is InChI=1S/C29H59NO2/c1-6-7-8-9-10-11-12-13-14-15-16-17-18-19-20-21-22-23-26-32-27-24-25-28(2,3)30(31)29(27,4)5/h27,31H,6-26H2,1-5H3. The Bertz CT molecular complexity index is 435. The number of piperidine rings is 1. The van der Waals surface area contributed by atoms with E-state index in [9.17, 15) is 5.21 Å². The van der Waals surface area contributed by atoms with E-state index in [1.54, 1.807) is 0 Å². The number of hydrogen-bond acceptors (Lipinski definition) is 3. The molecule has 1 saturated heterocycles. The minimum atomic E-state index is -0.310. The van der Waals surface area contributed by atoms with E-state index in [4.69, 9.17) is 4.74 Å². The molecule has 1 fully saturated rings. The Kier molecular flexibility index (Phi) is 16.2. The number of rotatable bonds is 20. The number of hydrogen-bond donors (Lipinski definition) is 1. The molecule has 0 saturated carbocycles. The highest BCUT2D eigenvalue weighted by atomic mass is 16.5. The molecule has 192 valence electrons. The smallest absolute Gasteiger partial charge is 0.0777 e. The van der Waals surface area contributed by atoms with Crippen molar-refractivity contribution in [2.75, 3.05) is 6.61 Å². The van der Waals surface area contributed by atoms with Crippen molar-refractivity contribution in [1.82, 2.24) is 5.06 Å². The molecule has 3 nitrogen and oxygen atoms in total. The second-order valence-corrected chi connectivity index (χ2v) is 11.7. The topological polar surface area (TPSA) is 32.7 Å². The third-order valence-corrected chi connectivity index (χ3v) is 7.74. The molecule has 32 heavy (non-hydrogen) atoms. The van der Waals surface area contributed by atoms with Crippen molar-refractivity contribution in [2.45, 2.75) is 180 Å². The normalized spacial score (nSPS) is 20.6. The number of ether oxygens (including phenoxy) is 1. The van der Waals surface area contributed by atoms with Crippen LogP contribution in [0.15, 0.2) is 0 Å². The maximum absolute atomic E-state index is 10.5. The highest BCUT2D eigenvalue weighted by Crippen LogP contribution is 2.38. The van der Waals surface area contributed by atoms with Crippen molar-refractivity contribution in [3.8, 4) is 0 Å². The summed E-state index contributed by atoms with van der Waals surface area (Å²) >= 11 is 0. The van der Waals surface area contributed by atoms with Crippen LogP contribution in [0.25, 0.3) is 0 Å². The predicted octanol–water partition coefficient (Wildman–Crippen LogP) is 9.46. The molecule has 1 heterocycles. The van der Waals surface area contributed by atoms with Crippen LogP contribution < -0.4 is 0 Å². The minimum absolute atomic E-state index is 0.131. The van der Waals surface area contributed by atoms with E-state index in [1.807, 2.05) is 0 Å². The second-order valence-electron chi connectivity index (χ2n) is 11.7. The van der Waals surface area contributed by atoms with Crippen molar-refractivity contribution < 1.29 is 9.94 Å². The van der Waals surface area contributed by atoms with Gasteiger partial charge in [0.25, 0.3) is 0 Å². The molecule has 1 atom stereocenters. The van der Waals surface area contributed by atoms with Gasteiger partial charge in [-0.05, 0) is 47.0 Å². The Labute approximate surface area is 202 Å².